The maximum Gasteiger partial charge on any atom is 0.243 e. The second kappa shape index (κ2) is 6.61. The van der Waals surface area contributed by atoms with Crippen LogP contribution in [0.25, 0.3) is 0 Å². The van der Waals surface area contributed by atoms with Crippen molar-refractivity contribution in [3.8, 4) is 0 Å². The van der Waals surface area contributed by atoms with Crippen molar-refractivity contribution in [2.45, 2.75) is 36.0 Å². The van der Waals surface area contributed by atoms with Gasteiger partial charge in [-0.3, -0.25) is 0 Å². The van der Waals surface area contributed by atoms with E-state index in [1.807, 2.05) is 24.3 Å². The lowest BCUT2D eigenvalue weighted by Gasteiger charge is -2.19. The van der Waals surface area contributed by atoms with E-state index in [2.05, 4.69) is 15.5 Å². The first-order chi connectivity index (χ1) is 9.81. The molecule has 20 heavy (non-hydrogen) atoms. The quantitative estimate of drug-likeness (QED) is 0.870. The van der Waals surface area contributed by atoms with E-state index in [9.17, 15) is 0 Å². The van der Waals surface area contributed by atoms with Gasteiger partial charge < -0.3 is 9.84 Å². The highest BCUT2D eigenvalue weighted by Gasteiger charge is 2.20. The average molecular weight is 310 g/mol. The number of hydrogen-bond acceptors (Lipinski definition) is 5. The Kier molecular flexibility index (Phi) is 4.60. The number of piperidine rings is 1. The Bertz CT molecular complexity index is 552. The Labute approximate surface area is 127 Å². The maximum absolute atomic E-state index is 5.86. The molecule has 1 unspecified atom stereocenters. The molecule has 0 spiro atoms. The van der Waals surface area contributed by atoms with E-state index in [1.54, 1.807) is 11.8 Å². The number of hydrogen-bond donors (Lipinski definition) is 1. The van der Waals surface area contributed by atoms with Gasteiger partial charge in [0.15, 0.2) is 5.82 Å². The van der Waals surface area contributed by atoms with E-state index >= 15 is 0 Å². The molecule has 2 heterocycles. The van der Waals surface area contributed by atoms with E-state index in [-0.39, 0.29) is 6.04 Å². The zero-order valence-corrected chi connectivity index (χ0v) is 12.6. The van der Waals surface area contributed by atoms with Gasteiger partial charge in [0.05, 0.1) is 11.8 Å². The van der Waals surface area contributed by atoms with Gasteiger partial charge in [-0.05, 0) is 43.7 Å². The normalized spacial score (nSPS) is 19.1. The van der Waals surface area contributed by atoms with Gasteiger partial charge in [0.1, 0.15) is 0 Å². The van der Waals surface area contributed by atoms with Crippen molar-refractivity contribution < 1.29 is 4.52 Å². The molecule has 1 aliphatic rings. The van der Waals surface area contributed by atoms with E-state index in [0.717, 1.165) is 34.6 Å². The molecule has 1 N–H and O–H groups in total. The minimum atomic E-state index is 0.227. The van der Waals surface area contributed by atoms with Crippen molar-refractivity contribution in [1.82, 2.24) is 15.5 Å². The highest BCUT2D eigenvalue weighted by Crippen LogP contribution is 2.25. The maximum atomic E-state index is 5.86. The van der Waals surface area contributed by atoms with Gasteiger partial charge in [0, 0.05) is 9.92 Å². The number of nitrogens with one attached hydrogen (secondary N) is 1. The van der Waals surface area contributed by atoms with Crippen LogP contribution in [-0.2, 0) is 5.75 Å². The van der Waals surface area contributed by atoms with Crippen LogP contribution in [0.5, 0.6) is 0 Å². The van der Waals surface area contributed by atoms with Gasteiger partial charge in [-0.2, -0.15) is 4.98 Å². The standard InChI is InChI=1S/C14H16ClN3OS/c15-10-4-6-11(7-5-10)20-9-13-17-14(19-18-13)12-3-1-2-8-16-12/h4-7,12,16H,1-3,8-9H2. The van der Waals surface area contributed by atoms with Crippen molar-refractivity contribution in [2.24, 2.45) is 0 Å². The number of thioether (sulfide) groups is 1. The van der Waals surface area contributed by atoms with Gasteiger partial charge >= 0.3 is 0 Å². The van der Waals surface area contributed by atoms with Crippen LogP contribution in [0.1, 0.15) is 37.0 Å². The molecule has 6 heteroatoms. The third-order valence-electron chi connectivity index (χ3n) is 3.27. The minimum absolute atomic E-state index is 0.227. The molecule has 3 rings (SSSR count). The molecule has 106 valence electrons. The molecular formula is C14H16ClN3OS. The third-order valence-corrected chi connectivity index (χ3v) is 4.53. The fourth-order valence-corrected chi connectivity index (χ4v) is 3.08. The molecule has 1 aromatic heterocycles. The van der Waals surface area contributed by atoms with Gasteiger partial charge in [-0.15, -0.1) is 11.8 Å². The third kappa shape index (κ3) is 3.53. The molecule has 2 aromatic rings. The average Bonchev–Trinajstić information content (AvgIpc) is 2.97. The molecule has 0 radical (unpaired) electrons. The molecule has 1 saturated heterocycles. The lowest BCUT2D eigenvalue weighted by atomic mass is 10.1. The predicted octanol–water partition coefficient (Wildman–Crippen LogP) is 3.83. The Morgan fingerprint density at radius 2 is 2.15 bits per heavy atom. The fraction of sp³-hybridized carbons (Fsp3) is 0.429. The van der Waals surface area contributed by atoms with Crippen LogP contribution < -0.4 is 5.32 Å². The fourth-order valence-electron chi connectivity index (χ4n) is 2.21. The summed E-state index contributed by atoms with van der Waals surface area (Å²) in [6.45, 7) is 1.03. The van der Waals surface area contributed by atoms with Crippen LogP contribution >= 0.6 is 23.4 Å². The molecule has 1 fully saturated rings. The Balaban J connectivity index is 1.58. The Hall–Kier alpha value is -1.04. The van der Waals surface area contributed by atoms with Crippen LogP contribution in [0.3, 0.4) is 0 Å². The molecule has 1 atom stereocenters. The van der Waals surface area contributed by atoms with E-state index < -0.39 is 0 Å². The molecule has 0 aliphatic carbocycles. The van der Waals surface area contributed by atoms with Crippen LogP contribution in [0, 0.1) is 0 Å². The molecule has 0 bridgehead atoms. The SMILES string of the molecule is Clc1ccc(SCc2noc(C3CCCCN3)n2)cc1. The van der Waals surface area contributed by atoms with E-state index in [1.165, 1.54) is 12.8 Å². The van der Waals surface area contributed by atoms with Crippen LogP contribution in [0.15, 0.2) is 33.7 Å². The molecule has 1 aromatic carbocycles. The molecule has 0 saturated carbocycles. The summed E-state index contributed by atoms with van der Waals surface area (Å²) in [4.78, 5) is 5.63. The molecule has 0 amide bonds. The summed E-state index contributed by atoms with van der Waals surface area (Å²) >= 11 is 7.54. The first-order valence-electron chi connectivity index (χ1n) is 6.75. The lowest BCUT2D eigenvalue weighted by molar-refractivity contribution is 0.296. The summed E-state index contributed by atoms with van der Waals surface area (Å²) < 4.78 is 5.35. The van der Waals surface area contributed by atoms with Gasteiger partial charge in [-0.25, -0.2) is 0 Å². The summed E-state index contributed by atoms with van der Waals surface area (Å²) in [5.41, 5.74) is 0. The van der Waals surface area contributed by atoms with Crippen molar-refractivity contribution in [3.05, 3.63) is 41.0 Å². The summed E-state index contributed by atoms with van der Waals surface area (Å²) in [6.07, 6.45) is 3.52. The first-order valence-corrected chi connectivity index (χ1v) is 8.12. The monoisotopic (exact) mass is 309 g/mol. The van der Waals surface area contributed by atoms with Crippen molar-refractivity contribution in [1.29, 1.82) is 0 Å². The summed E-state index contributed by atoms with van der Waals surface area (Å²) in [6, 6.07) is 7.99. The summed E-state index contributed by atoms with van der Waals surface area (Å²) in [5.74, 6) is 2.17. The zero-order valence-electron chi connectivity index (χ0n) is 11.0. The molecular weight excluding hydrogens is 294 g/mol. The van der Waals surface area contributed by atoms with Crippen molar-refractivity contribution >= 4 is 23.4 Å². The summed E-state index contributed by atoms with van der Waals surface area (Å²) in [5, 5.41) is 8.21. The minimum Gasteiger partial charge on any atom is -0.338 e. The molecule has 4 nitrogen and oxygen atoms in total. The lowest BCUT2D eigenvalue weighted by Crippen LogP contribution is -2.26. The Morgan fingerprint density at radius 1 is 1.30 bits per heavy atom. The predicted molar refractivity (Wildman–Crippen MR) is 79.9 cm³/mol. The number of benzene rings is 1. The number of rotatable bonds is 4. The second-order valence-corrected chi connectivity index (χ2v) is 6.28. The topological polar surface area (TPSA) is 51.0 Å². The Morgan fingerprint density at radius 3 is 2.90 bits per heavy atom. The number of aromatic nitrogens is 2. The number of nitrogens with zero attached hydrogens (tertiary/aromatic N) is 2. The largest absolute Gasteiger partial charge is 0.338 e. The zero-order chi connectivity index (χ0) is 13.8. The van der Waals surface area contributed by atoms with Crippen LogP contribution in [0.2, 0.25) is 5.02 Å². The first kappa shape index (κ1) is 13.9. The number of halogens is 1. The highest BCUT2D eigenvalue weighted by atomic mass is 35.5. The van der Waals surface area contributed by atoms with E-state index in [0.29, 0.717) is 5.75 Å². The second-order valence-electron chi connectivity index (χ2n) is 4.79. The van der Waals surface area contributed by atoms with Gasteiger partial charge in [0.2, 0.25) is 5.89 Å². The van der Waals surface area contributed by atoms with Gasteiger partial charge in [-0.1, -0.05) is 23.2 Å². The summed E-state index contributed by atoms with van der Waals surface area (Å²) in [7, 11) is 0. The van der Waals surface area contributed by atoms with Crippen LogP contribution in [0.4, 0.5) is 0 Å². The molecule has 1 aliphatic heterocycles. The van der Waals surface area contributed by atoms with Crippen molar-refractivity contribution in [3.63, 3.8) is 0 Å². The van der Waals surface area contributed by atoms with Gasteiger partial charge in [0.25, 0.3) is 0 Å². The smallest absolute Gasteiger partial charge is 0.243 e. The highest BCUT2D eigenvalue weighted by molar-refractivity contribution is 7.98. The van der Waals surface area contributed by atoms with E-state index in [4.69, 9.17) is 16.1 Å². The van der Waals surface area contributed by atoms with Crippen molar-refractivity contribution in [2.75, 3.05) is 6.54 Å². The van der Waals surface area contributed by atoms with Crippen LogP contribution in [-0.4, -0.2) is 16.7 Å².